The minimum atomic E-state index is -0.897. The van der Waals surface area contributed by atoms with Crippen LogP contribution < -0.4 is 10.1 Å². The van der Waals surface area contributed by atoms with Crippen LogP contribution in [0.3, 0.4) is 0 Å². The van der Waals surface area contributed by atoms with E-state index < -0.39 is 17.9 Å². The Bertz CT molecular complexity index is 888. The normalized spacial score (nSPS) is 21.2. The smallest absolute Gasteiger partial charge is 0.309 e. The van der Waals surface area contributed by atoms with Gasteiger partial charge < -0.3 is 15.2 Å². The van der Waals surface area contributed by atoms with Crippen LogP contribution in [-0.2, 0) is 11.2 Å². The molecular weight excluding hydrogens is 342 g/mol. The van der Waals surface area contributed by atoms with E-state index in [-0.39, 0.29) is 12.0 Å². The number of hydrogen-bond acceptors (Lipinski definition) is 3. The van der Waals surface area contributed by atoms with Crippen molar-refractivity contribution in [3.8, 4) is 5.75 Å². The standard InChI is InChI=1S/C22H23NO4/c1-13-6-4-11-17(20(13)27-15-8-5-9-15)21(24)23-19-16-10-3-2-7-14(16)12-18(19)22(25)26/h2-4,6-7,10-11,15,18-19H,5,8-9,12H2,1H3,(H,23,24)(H,25,26). The second-order valence-electron chi connectivity index (χ2n) is 7.42. The van der Waals surface area contributed by atoms with E-state index in [9.17, 15) is 14.7 Å². The first-order chi connectivity index (χ1) is 13.0. The highest BCUT2D eigenvalue weighted by atomic mass is 16.5. The van der Waals surface area contributed by atoms with Crippen molar-refractivity contribution >= 4 is 11.9 Å². The number of amides is 1. The first kappa shape index (κ1) is 17.6. The molecular formula is C22H23NO4. The van der Waals surface area contributed by atoms with Gasteiger partial charge in [0.15, 0.2) is 0 Å². The minimum absolute atomic E-state index is 0.164. The fraction of sp³-hybridized carbons (Fsp3) is 0.364. The van der Waals surface area contributed by atoms with Gasteiger partial charge in [-0.1, -0.05) is 36.4 Å². The highest BCUT2D eigenvalue weighted by Gasteiger charge is 2.38. The number of aryl methyl sites for hydroxylation is 1. The summed E-state index contributed by atoms with van der Waals surface area (Å²) < 4.78 is 6.06. The van der Waals surface area contributed by atoms with Gasteiger partial charge in [-0.15, -0.1) is 0 Å². The van der Waals surface area contributed by atoms with E-state index in [0.717, 1.165) is 36.0 Å². The van der Waals surface area contributed by atoms with E-state index >= 15 is 0 Å². The van der Waals surface area contributed by atoms with E-state index in [1.54, 1.807) is 6.07 Å². The molecule has 4 rings (SSSR count). The van der Waals surface area contributed by atoms with Crippen LogP contribution in [0.15, 0.2) is 42.5 Å². The third kappa shape index (κ3) is 3.29. The van der Waals surface area contributed by atoms with E-state index in [4.69, 9.17) is 4.74 Å². The molecule has 0 spiro atoms. The van der Waals surface area contributed by atoms with Gasteiger partial charge in [-0.05, 0) is 55.4 Å². The van der Waals surface area contributed by atoms with Gasteiger partial charge in [0.05, 0.1) is 23.6 Å². The van der Waals surface area contributed by atoms with Crippen LogP contribution in [0.4, 0.5) is 0 Å². The Morgan fingerprint density at radius 1 is 1.11 bits per heavy atom. The van der Waals surface area contributed by atoms with Crippen molar-refractivity contribution in [2.24, 2.45) is 5.92 Å². The zero-order valence-electron chi connectivity index (χ0n) is 15.3. The Hall–Kier alpha value is -2.82. The SMILES string of the molecule is Cc1cccc(C(=O)NC2c3ccccc3CC2C(=O)O)c1OC1CCC1. The van der Waals surface area contributed by atoms with Crippen LogP contribution >= 0.6 is 0 Å². The number of ether oxygens (including phenoxy) is 1. The number of carbonyl (C=O) groups excluding carboxylic acids is 1. The number of aliphatic carboxylic acids is 1. The van der Waals surface area contributed by atoms with Gasteiger partial charge in [0.2, 0.25) is 0 Å². The number of fused-ring (bicyclic) bond motifs is 1. The van der Waals surface area contributed by atoms with Gasteiger partial charge in [-0.25, -0.2) is 0 Å². The van der Waals surface area contributed by atoms with Gasteiger partial charge in [-0.3, -0.25) is 9.59 Å². The van der Waals surface area contributed by atoms with Gasteiger partial charge in [0.25, 0.3) is 5.91 Å². The Labute approximate surface area is 158 Å². The quantitative estimate of drug-likeness (QED) is 0.848. The molecule has 27 heavy (non-hydrogen) atoms. The molecule has 0 radical (unpaired) electrons. The third-order valence-corrected chi connectivity index (χ3v) is 5.63. The molecule has 1 amide bonds. The minimum Gasteiger partial charge on any atom is -0.489 e. The summed E-state index contributed by atoms with van der Waals surface area (Å²) in [5, 5.41) is 12.6. The molecule has 2 aromatic rings. The zero-order chi connectivity index (χ0) is 19.0. The number of carboxylic acid groups (broad SMARTS) is 1. The number of para-hydroxylation sites is 1. The number of carboxylic acids is 1. The van der Waals surface area contributed by atoms with Gasteiger partial charge in [0.1, 0.15) is 5.75 Å². The lowest BCUT2D eigenvalue weighted by molar-refractivity contribution is -0.142. The van der Waals surface area contributed by atoms with E-state index in [1.807, 2.05) is 43.3 Å². The summed E-state index contributed by atoms with van der Waals surface area (Å²) >= 11 is 0. The lowest BCUT2D eigenvalue weighted by Gasteiger charge is -2.28. The first-order valence-electron chi connectivity index (χ1n) is 9.42. The van der Waals surface area contributed by atoms with Gasteiger partial charge in [-0.2, -0.15) is 0 Å². The summed E-state index contributed by atoms with van der Waals surface area (Å²) in [4.78, 5) is 24.8. The molecule has 2 N–H and O–H groups in total. The fourth-order valence-electron chi connectivity index (χ4n) is 3.87. The lowest BCUT2D eigenvalue weighted by atomic mass is 9.95. The molecule has 5 nitrogen and oxygen atoms in total. The van der Waals surface area contributed by atoms with Crippen LogP contribution in [-0.4, -0.2) is 23.1 Å². The predicted octanol–water partition coefficient (Wildman–Crippen LogP) is 3.65. The van der Waals surface area contributed by atoms with Crippen LogP contribution in [0.5, 0.6) is 5.75 Å². The Morgan fingerprint density at radius 3 is 2.59 bits per heavy atom. The number of benzene rings is 2. The molecule has 2 aromatic carbocycles. The highest BCUT2D eigenvalue weighted by molar-refractivity contribution is 5.98. The molecule has 2 unspecified atom stereocenters. The van der Waals surface area contributed by atoms with Crippen molar-refractivity contribution in [3.63, 3.8) is 0 Å². The van der Waals surface area contributed by atoms with Crippen LogP contribution in [0, 0.1) is 12.8 Å². The number of carbonyl (C=O) groups is 2. The molecule has 2 aliphatic rings. The maximum Gasteiger partial charge on any atom is 0.309 e. The van der Waals surface area contributed by atoms with Crippen molar-refractivity contribution in [1.82, 2.24) is 5.32 Å². The molecule has 2 aliphatic carbocycles. The Morgan fingerprint density at radius 2 is 1.89 bits per heavy atom. The van der Waals surface area contributed by atoms with Crippen molar-refractivity contribution in [2.45, 2.75) is 44.8 Å². The Kier molecular flexibility index (Phi) is 4.60. The van der Waals surface area contributed by atoms with Crippen LogP contribution in [0.1, 0.15) is 52.4 Å². The van der Waals surface area contributed by atoms with Crippen molar-refractivity contribution in [1.29, 1.82) is 0 Å². The van der Waals surface area contributed by atoms with Gasteiger partial charge in [0, 0.05) is 0 Å². The summed E-state index contributed by atoms with van der Waals surface area (Å²) in [6.45, 7) is 1.93. The third-order valence-electron chi connectivity index (χ3n) is 5.63. The molecule has 1 saturated carbocycles. The topological polar surface area (TPSA) is 75.6 Å². The Balaban J connectivity index is 1.62. The zero-order valence-corrected chi connectivity index (χ0v) is 15.3. The monoisotopic (exact) mass is 365 g/mol. The molecule has 0 bridgehead atoms. The van der Waals surface area contributed by atoms with E-state index in [2.05, 4.69) is 5.32 Å². The highest BCUT2D eigenvalue weighted by Crippen LogP contribution is 2.37. The second-order valence-corrected chi connectivity index (χ2v) is 7.42. The molecule has 1 fully saturated rings. The molecule has 0 heterocycles. The number of nitrogens with one attached hydrogen (secondary N) is 1. The first-order valence-corrected chi connectivity index (χ1v) is 9.42. The van der Waals surface area contributed by atoms with E-state index in [0.29, 0.717) is 17.7 Å². The molecule has 2 atom stereocenters. The average Bonchev–Trinajstić information content (AvgIpc) is 2.98. The maximum absolute atomic E-state index is 13.1. The van der Waals surface area contributed by atoms with Crippen molar-refractivity contribution in [3.05, 3.63) is 64.7 Å². The molecule has 5 heteroatoms. The molecule has 0 saturated heterocycles. The number of rotatable bonds is 5. The lowest BCUT2D eigenvalue weighted by Crippen LogP contribution is -2.35. The summed E-state index contributed by atoms with van der Waals surface area (Å²) in [6, 6.07) is 12.6. The molecule has 140 valence electrons. The molecule has 0 aliphatic heterocycles. The van der Waals surface area contributed by atoms with Gasteiger partial charge >= 0.3 is 5.97 Å². The van der Waals surface area contributed by atoms with E-state index in [1.165, 1.54) is 0 Å². The van der Waals surface area contributed by atoms with Crippen LogP contribution in [0.2, 0.25) is 0 Å². The second kappa shape index (κ2) is 7.06. The largest absolute Gasteiger partial charge is 0.489 e. The predicted molar refractivity (Wildman–Crippen MR) is 101 cm³/mol. The fourth-order valence-corrected chi connectivity index (χ4v) is 3.87. The maximum atomic E-state index is 13.1. The molecule has 0 aromatic heterocycles. The average molecular weight is 365 g/mol. The van der Waals surface area contributed by atoms with Crippen molar-refractivity contribution in [2.75, 3.05) is 0 Å². The summed E-state index contributed by atoms with van der Waals surface area (Å²) in [6.07, 6.45) is 3.75. The number of hydrogen-bond donors (Lipinski definition) is 2. The van der Waals surface area contributed by atoms with Crippen molar-refractivity contribution < 1.29 is 19.4 Å². The van der Waals surface area contributed by atoms with Crippen LogP contribution in [0.25, 0.3) is 0 Å². The summed E-state index contributed by atoms with van der Waals surface area (Å²) in [5.41, 5.74) is 3.24. The summed E-state index contributed by atoms with van der Waals surface area (Å²) in [7, 11) is 0. The summed E-state index contributed by atoms with van der Waals surface area (Å²) in [5.74, 6) is -1.24.